The van der Waals surface area contributed by atoms with Crippen LogP contribution in [0.25, 0.3) is 0 Å². The van der Waals surface area contributed by atoms with Gasteiger partial charge in [0.15, 0.2) is 0 Å². The van der Waals surface area contributed by atoms with Crippen LogP contribution in [0.15, 0.2) is 41.3 Å². The number of fused-ring (bicyclic) bond motifs is 1. The first-order chi connectivity index (χ1) is 10.2. The van der Waals surface area contributed by atoms with Gasteiger partial charge in [-0.3, -0.25) is 0 Å². The highest BCUT2D eigenvalue weighted by Crippen LogP contribution is 2.37. The largest absolute Gasteiger partial charge is 0.399 e. The molecule has 0 bridgehead atoms. The minimum Gasteiger partial charge on any atom is -0.399 e. The number of nitriles is 1. The Balaban J connectivity index is 1.90. The number of hydrogen-bond acceptors (Lipinski definition) is 4. The van der Waals surface area contributed by atoms with Gasteiger partial charge < -0.3 is 10.6 Å². The zero-order valence-electron chi connectivity index (χ0n) is 12.0. The van der Waals surface area contributed by atoms with E-state index in [0.29, 0.717) is 0 Å². The maximum Gasteiger partial charge on any atom is 0.0991 e. The highest BCUT2D eigenvalue weighted by atomic mass is 32.2. The second kappa shape index (κ2) is 5.71. The first-order valence-electron chi connectivity index (χ1n) is 6.94. The van der Waals surface area contributed by atoms with Crippen LogP contribution in [0.1, 0.15) is 16.7 Å². The van der Waals surface area contributed by atoms with Crippen LogP contribution in [0.3, 0.4) is 0 Å². The van der Waals surface area contributed by atoms with Crippen molar-refractivity contribution in [1.82, 2.24) is 0 Å². The number of nitrogens with two attached hydrogens (primary N) is 1. The first kappa shape index (κ1) is 13.8. The van der Waals surface area contributed by atoms with Crippen LogP contribution in [-0.4, -0.2) is 12.3 Å². The molecule has 0 radical (unpaired) electrons. The van der Waals surface area contributed by atoms with Crippen LogP contribution >= 0.6 is 11.8 Å². The van der Waals surface area contributed by atoms with Crippen molar-refractivity contribution < 1.29 is 0 Å². The highest BCUT2D eigenvalue weighted by molar-refractivity contribution is 7.99. The number of thioether (sulfide) groups is 1. The summed E-state index contributed by atoms with van der Waals surface area (Å²) in [7, 11) is 0. The summed E-state index contributed by atoms with van der Waals surface area (Å²) in [6, 6.07) is 14.2. The van der Waals surface area contributed by atoms with E-state index in [2.05, 4.69) is 36.1 Å². The van der Waals surface area contributed by atoms with Crippen molar-refractivity contribution in [2.24, 2.45) is 0 Å². The molecule has 0 amide bonds. The summed E-state index contributed by atoms with van der Waals surface area (Å²) in [5, 5.41) is 8.96. The topological polar surface area (TPSA) is 53.0 Å². The quantitative estimate of drug-likeness (QED) is 0.861. The standard InChI is InChI=1S/C17H17N3S/c1-12-8-13(10-18)2-3-14(12)11-20-6-7-21-17-5-4-15(19)9-16(17)20/h2-5,8-9H,6-7,11,19H2,1H3. The SMILES string of the molecule is Cc1cc(C#N)ccc1CN1CCSc2ccc(N)cc21. The van der Waals surface area contributed by atoms with Gasteiger partial charge >= 0.3 is 0 Å². The monoisotopic (exact) mass is 295 g/mol. The van der Waals surface area contributed by atoms with Gasteiger partial charge in [0.05, 0.1) is 17.3 Å². The third kappa shape index (κ3) is 2.84. The van der Waals surface area contributed by atoms with Crippen molar-refractivity contribution in [3.05, 3.63) is 53.1 Å². The van der Waals surface area contributed by atoms with Crippen LogP contribution in [0.2, 0.25) is 0 Å². The second-order valence-corrected chi connectivity index (χ2v) is 6.39. The molecule has 2 aromatic rings. The Morgan fingerprint density at radius 1 is 1.29 bits per heavy atom. The first-order valence-corrected chi connectivity index (χ1v) is 7.93. The molecule has 0 unspecified atom stereocenters. The molecule has 0 atom stereocenters. The summed E-state index contributed by atoms with van der Waals surface area (Å²) in [6.07, 6.45) is 0. The van der Waals surface area contributed by atoms with Crippen molar-refractivity contribution in [3.63, 3.8) is 0 Å². The van der Waals surface area contributed by atoms with Gasteiger partial charge in [-0.15, -0.1) is 11.8 Å². The Labute approximate surface area is 129 Å². The summed E-state index contributed by atoms with van der Waals surface area (Å²) < 4.78 is 0. The van der Waals surface area contributed by atoms with Gasteiger partial charge in [-0.1, -0.05) is 6.07 Å². The number of nitrogen functional groups attached to an aromatic ring is 1. The average Bonchev–Trinajstić information content (AvgIpc) is 2.49. The van der Waals surface area contributed by atoms with Gasteiger partial charge in [-0.2, -0.15) is 5.26 Å². The number of benzene rings is 2. The van der Waals surface area contributed by atoms with Gasteiger partial charge in [0, 0.05) is 29.4 Å². The molecule has 3 rings (SSSR count). The third-order valence-corrected chi connectivity index (χ3v) is 4.82. The Morgan fingerprint density at radius 3 is 2.90 bits per heavy atom. The fourth-order valence-corrected chi connectivity index (χ4v) is 3.63. The number of nitrogens with zero attached hydrogens (tertiary/aromatic N) is 2. The van der Waals surface area contributed by atoms with Crippen molar-refractivity contribution in [1.29, 1.82) is 5.26 Å². The maximum atomic E-state index is 8.96. The Bertz CT molecular complexity index is 718. The predicted molar refractivity (Wildman–Crippen MR) is 88.5 cm³/mol. The molecule has 3 nitrogen and oxygen atoms in total. The molecule has 1 aliphatic rings. The van der Waals surface area contributed by atoms with Crippen LogP contribution in [0, 0.1) is 18.3 Å². The summed E-state index contributed by atoms with van der Waals surface area (Å²) >= 11 is 1.88. The van der Waals surface area contributed by atoms with E-state index in [4.69, 9.17) is 11.0 Å². The lowest BCUT2D eigenvalue weighted by Crippen LogP contribution is -2.29. The lowest BCUT2D eigenvalue weighted by molar-refractivity contribution is 0.813. The van der Waals surface area contributed by atoms with Gasteiger partial charge in [-0.05, 0) is 48.4 Å². The zero-order chi connectivity index (χ0) is 14.8. The van der Waals surface area contributed by atoms with Gasteiger partial charge in [0.25, 0.3) is 0 Å². The molecule has 21 heavy (non-hydrogen) atoms. The fourth-order valence-electron chi connectivity index (χ4n) is 2.60. The summed E-state index contributed by atoms with van der Waals surface area (Å²) in [6.45, 7) is 3.93. The molecule has 1 heterocycles. The number of aryl methyl sites for hydroxylation is 1. The van der Waals surface area contributed by atoms with E-state index in [1.54, 1.807) is 0 Å². The molecule has 2 aromatic carbocycles. The maximum absolute atomic E-state index is 8.96. The number of rotatable bonds is 2. The number of hydrogen-bond donors (Lipinski definition) is 1. The van der Waals surface area contributed by atoms with E-state index in [9.17, 15) is 0 Å². The highest BCUT2D eigenvalue weighted by Gasteiger charge is 2.18. The molecule has 4 heteroatoms. The smallest absolute Gasteiger partial charge is 0.0991 e. The van der Waals surface area contributed by atoms with Crippen molar-refractivity contribution in [3.8, 4) is 6.07 Å². The second-order valence-electron chi connectivity index (χ2n) is 5.25. The molecule has 2 N–H and O–H groups in total. The number of anilines is 2. The molecular weight excluding hydrogens is 278 g/mol. The Morgan fingerprint density at radius 2 is 2.14 bits per heavy atom. The van der Waals surface area contributed by atoms with Gasteiger partial charge in [0.2, 0.25) is 0 Å². The van der Waals surface area contributed by atoms with E-state index in [1.807, 2.05) is 30.0 Å². The van der Waals surface area contributed by atoms with E-state index in [0.717, 1.165) is 35.7 Å². The van der Waals surface area contributed by atoms with Gasteiger partial charge in [-0.25, -0.2) is 0 Å². The summed E-state index contributed by atoms with van der Waals surface area (Å²) in [5.41, 5.74) is 11.1. The molecule has 1 aliphatic heterocycles. The molecule has 0 aromatic heterocycles. The Kier molecular flexibility index (Phi) is 3.76. The fraction of sp³-hybridized carbons (Fsp3) is 0.235. The van der Waals surface area contributed by atoms with Crippen LogP contribution < -0.4 is 10.6 Å². The van der Waals surface area contributed by atoms with E-state index >= 15 is 0 Å². The molecule has 106 valence electrons. The van der Waals surface area contributed by atoms with Crippen molar-refractivity contribution in [2.45, 2.75) is 18.4 Å². The van der Waals surface area contributed by atoms with Crippen molar-refractivity contribution >= 4 is 23.1 Å². The molecule has 0 spiro atoms. The normalized spacial score (nSPS) is 13.6. The molecule has 0 aliphatic carbocycles. The van der Waals surface area contributed by atoms with E-state index < -0.39 is 0 Å². The summed E-state index contributed by atoms with van der Waals surface area (Å²) in [5.74, 6) is 1.09. The van der Waals surface area contributed by atoms with Crippen molar-refractivity contribution in [2.75, 3.05) is 22.9 Å². The minimum atomic E-state index is 0.718. The lowest BCUT2D eigenvalue weighted by Gasteiger charge is -2.31. The Hall–Kier alpha value is -2.12. The lowest BCUT2D eigenvalue weighted by atomic mass is 10.0. The minimum absolute atomic E-state index is 0.718. The van der Waals surface area contributed by atoms with Crippen LogP contribution in [-0.2, 0) is 6.54 Å². The molecular formula is C17H17N3S. The predicted octanol–water partition coefficient (Wildman–Crippen LogP) is 3.56. The van der Waals surface area contributed by atoms with E-state index in [1.165, 1.54) is 16.1 Å². The molecule has 0 fully saturated rings. The molecule has 0 saturated carbocycles. The van der Waals surface area contributed by atoms with Crippen LogP contribution in [0.5, 0.6) is 0 Å². The zero-order valence-corrected chi connectivity index (χ0v) is 12.8. The van der Waals surface area contributed by atoms with E-state index in [-0.39, 0.29) is 0 Å². The van der Waals surface area contributed by atoms with Crippen LogP contribution in [0.4, 0.5) is 11.4 Å². The average molecular weight is 295 g/mol. The molecule has 0 saturated heterocycles. The summed E-state index contributed by atoms with van der Waals surface area (Å²) in [4.78, 5) is 3.66. The third-order valence-electron chi connectivity index (χ3n) is 3.78. The van der Waals surface area contributed by atoms with Gasteiger partial charge in [0.1, 0.15) is 0 Å².